The van der Waals surface area contributed by atoms with E-state index in [0.29, 0.717) is 0 Å². The number of aliphatic hydroxyl groups excluding tert-OH is 1. The van der Waals surface area contributed by atoms with Crippen LogP contribution in [0.3, 0.4) is 0 Å². The number of aliphatic hydroxyl groups is 1. The Bertz CT molecular complexity index is 340. The third kappa shape index (κ3) is 2.26. The van der Waals surface area contributed by atoms with Crippen molar-refractivity contribution in [2.24, 2.45) is 0 Å². The summed E-state index contributed by atoms with van der Waals surface area (Å²) in [5.41, 5.74) is 0.133. The topological polar surface area (TPSA) is 57.5 Å². The largest absolute Gasteiger partial charge is 0.479 e. The quantitative estimate of drug-likeness (QED) is 0.838. The zero-order chi connectivity index (χ0) is 10.0. The summed E-state index contributed by atoms with van der Waals surface area (Å²) in [5.74, 6) is -1.86. The minimum atomic E-state index is -1.63. The van der Waals surface area contributed by atoms with Gasteiger partial charge in [-0.3, -0.25) is 0 Å². The van der Waals surface area contributed by atoms with Crippen LogP contribution in [0, 0.1) is 5.82 Å². The molecule has 1 aromatic rings. The fourth-order valence-electron chi connectivity index (χ4n) is 0.856. The Morgan fingerprint density at radius 1 is 1.54 bits per heavy atom. The fourth-order valence-corrected chi connectivity index (χ4v) is 1.42. The average Bonchev–Trinajstić information content (AvgIpc) is 2.03. The molecule has 0 aliphatic rings. The van der Waals surface area contributed by atoms with E-state index in [0.717, 1.165) is 12.1 Å². The van der Waals surface area contributed by atoms with E-state index in [1.165, 1.54) is 6.07 Å². The number of carboxylic acid groups (broad SMARTS) is 1. The Balaban J connectivity index is 3.08. The second kappa shape index (κ2) is 3.85. The van der Waals surface area contributed by atoms with E-state index in [9.17, 15) is 9.18 Å². The van der Waals surface area contributed by atoms with Gasteiger partial charge in [0.2, 0.25) is 0 Å². The third-order valence-electron chi connectivity index (χ3n) is 1.49. The summed E-state index contributed by atoms with van der Waals surface area (Å²) in [5, 5.41) is 17.6. The molecule has 0 saturated carbocycles. The van der Waals surface area contributed by atoms with Crippen LogP contribution in [0.2, 0.25) is 0 Å². The van der Waals surface area contributed by atoms with Gasteiger partial charge in [0, 0.05) is 10.0 Å². The molecule has 1 aromatic carbocycles. The average molecular weight is 249 g/mol. The first kappa shape index (κ1) is 10.1. The molecular formula is C8H6BrFO3. The Kier molecular flexibility index (Phi) is 3.00. The molecule has 0 radical (unpaired) electrons. The van der Waals surface area contributed by atoms with Crippen molar-refractivity contribution in [2.45, 2.75) is 6.10 Å². The van der Waals surface area contributed by atoms with Gasteiger partial charge in [-0.1, -0.05) is 22.0 Å². The van der Waals surface area contributed by atoms with E-state index in [1.54, 1.807) is 0 Å². The van der Waals surface area contributed by atoms with Crippen LogP contribution in [0.5, 0.6) is 0 Å². The fraction of sp³-hybridized carbons (Fsp3) is 0.125. The normalized spacial score (nSPS) is 12.5. The standard InChI is InChI=1S/C8H6BrFO3/c9-6-3-4(10)1-2-5(6)7(11)8(12)13/h1-3,7,11H,(H,12,13)/t7-/m1/s1. The molecule has 0 bridgehead atoms. The van der Waals surface area contributed by atoms with E-state index < -0.39 is 17.9 Å². The molecular weight excluding hydrogens is 243 g/mol. The summed E-state index contributed by atoms with van der Waals surface area (Å²) >= 11 is 2.95. The predicted octanol–water partition coefficient (Wildman–Crippen LogP) is 1.71. The van der Waals surface area contributed by atoms with Crippen molar-refractivity contribution in [3.63, 3.8) is 0 Å². The Morgan fingerprint density at radius 3 is 2.62 bits per heavy atom. The lowest BCUT2D eigenvalue weighted by molar-refractivity contribution is -0.147. The number of carbonyl (C=O) groups is 1. The maximum absolute atomic E-state index is 12.6. The van der Waals surface area contributed by atoms with Gasteiger partial charge in [0.15, 0.2) is 6.10 Å². The minimum absolute atomic E-state index is 0.133. The van der Waals surface area contributed by atoms with Crippen LogP contribution < -0.4 is 0 Å². The Hall–Kier alpha value is -0.940. The molecule has 0 fully saturated rings. The Morgan fingerprint density at radius 2 is 2.15 bits per heavy atom. The number of benzene rings is 1. The number of aliphatic carboxylic acids is 1. The van der Waals surface area contributed by atoms with Crippen molar-refractivity contribution in [1.29, 1.82) is 0 Å². The molecule has 1 rings (SSSR count). The number of rotatable bonds is 2. The van der Waals surface area contributed by atoms with Gasteiger partial charge in [0.1, 0.15) is 5.82 Å². The monoisotopic (exact) mass is 248 g/mol. The van der Waals surface area contributed by atoms with E-state index in [1.807, 2.05) is 0 Å². The van der Waals surface area contributed by atoms with Gasteiger partial charge in [-0.2, -0.15) is 0 Å². The van der Waals surface area contributed by atoms with Crippen molar-refractivity contribution in [3.05, 3.63) is 34.1 Å². The van der Waals surface area contributed by atoms with Gasteiger partial charge in [0.25, 0.3) is 0 Å². The van der Waals surface area contributed by atoms with E-state index in [4.69, 9.17) is 10.2 Å². The summed E-state index contributed by atoms with van der Waals surface area (Å²) in [4.78, 5) is 10.4. The zero-order valence-corrected chi connectivity index (χ0v) is 7.95. The Labute approximate surface area is 81.9 Å². The van der Waals surface area contributed by atoms with Crippen molar-refractivity contribution >= 4 is 21.9 Å². The molecule has 0 amide bonds. The summed E-state index contributed by atoms with van der Waals surface area (Å²) in [6.45, 7) is 0. The highest BCUT2D eigenvalue weighted by atomic mass is 79.9. The van der Waals surface area contributed by atoms with Crippen molar-refractivity contribution in [2.75, 3.05) is 0 Å². The predicted molar refractivity (Wildman–Crippen MR) is 46.7 cm³/mol. The lowest BCUT2D eigenvalue weighted by Gasteiger charge is -2.07. The molecule has 0 aliphatic heterocycles. The third-order valence-corrected chi connectivity index (χ3v) is 2.18. The van der Waals surface area contributed by atoms with Crippen LogP contribution in [0.4, 0.5) is 4.39 Å². The number of hydrogen-bond donors (Lipinski definition) is 2. The number of halogens is 2. The van der Waals surface area contributed by atoms with Crippen LogP contribution in [-0.4, -0.2) is 16.2 Å². The van der Waals surface area contributed by atoms with Gasteiger partial charge in [-0.25, -0.2) is 9.18 Å². The molecule has 0 heterocycles. The second-order valence-electron chi connectivity index (χ2n) is 2.41. The van der Waals surface area contributed by atoms with E-state index in [2.05, 4.69) is 15.9 Å². The molecule has 0 saturated heterocycles. The van der Waals surface area contributed by atoms with E-state index in [-0.39, 0.29) is 10.0 Å². The smallest absolute Gasteiger partial charge is 0.337 e. The SMILES string of the molecule is O=C(O)[C@H](O)c1ccc(F)cc1Br. The summed E-state index contributed by atoms with van der Waals surface area (Å²) in [6.07, 6.45) is -1.63. The first-order valence-corrected chi connectivity index (χ1v) is 4.17. The highest BCUT2D eigenvalue weighted by molar-refractivity contribution is 9.10. The molecule has 2 N–H and O–H groups in total. The lowest BCUT2D eigenvalue weighted by atomic mass is 10.1. The molecule has 0 unspecified atom stereocenters. The first-order valence-electron chi connectivity index (χ1n) is 3.38. The van der Waals surface area contributed by atoms with Crippen LogP contribution in [-0.2, 0) is 4.79 Å². The van der Waals surface area contributed by atoms with Crippen LogP contribution in [0.25, 0.3) is 0 Å². The highest BCUT2D eigenvalue weighted by Crippen LogP contribution is 2.24. The van der Waals surface area contributed by atoms with Crippen molar-refractivity contribution in [1.82, 2.24) is 0 Å². The molecule has 0 aliphatic carbocycles. The maximum Gasteiger partial charge on any atom is 0.337 e. The van der Waals surface area contributed by atoms with Crippen molar-refractivity contribution < 1.29 is 19.4 Å². The van der Waals surface area contributed by atoms with Gasteiger partial charge >= 0.3 is 5.97 Å². The summed E-state index contributed by atoms with van der Waals surface area (Å²) < 4.78 is 12.8. The van der Waals surface area contributed by atoms with Crippen molar-refractivity contribution in [3.8, 4) is 0 Å². The summed E-state index contributed by atoms with van der Waals surface area (Å²) in [6, 6.07) is 3.41. The zero-order valence-electron chi connectivity index (χ0n) is 6.37. The van der Waals surface area contributed by atoms with Crippen LogP contribution in [0.1, 0.15) is 11.7 Å². The molecule has 5 heteroatoms. The van der Waals surface area contributed by atoms with Crippen LogP contribution >= 0.6 is 15.9 Å². The molecule has 3 nitrogen and oxygen atoms in total. The minimum Gasteiger partial charge on any atom is -0.479 e. The highest BCUT2D eigenvalue weighted by Gasteiger charge is 2.18. The molecule has 0 aromatic heterocycles. The summed E-state index contributed by atoms with van der Waals surface area (Å²) in [7, 11) is 0. The van der Waals surface area contributed by atoms with Gasteiger partial charge < -0.3 is 10.2 Å². The van der Waals surface area contributed by atoms with Gasteiger partial charge in [-0.05, 0) is 12.1 Å². The molecule has 13 heavy (non-hydrogen) atoms. The second-order valence-corrected chi connectivity index (χ2v) is 3.26. The van der Waals surface area contributed by atoms with Gasteiger partial charge in [0.05, 0.1) is 0 Å². The van der Waals surface area contributed by atoms with Crippen LogP contribution in [0.15, 0.2) is 22.7 Å². The maximum atomic E-state index is 12.6. The lowest BCUT2D eigenvalue weighted by Crippen LogP contribution is -2.11. The first-order chi connectivity index (χ1) is 6.02. The molecule has 0 spiro atoms. The van der Waals surface area contributed by atoms with Gasteiger partial charge in [-0.15, -0.1) is 0 Å². The molecule has 70 valence electrons. The van der Waals surface area contributed by atoms with E-state index >= 15 is 0 Å². The molecule has 1 atom stereocenters. The number of hydrogen-bond acceptors (Lipinski definition) is 2. The number of carboxylic acids is 1.